The van der Waals surface area contributed by atoms with Gasteiger partial charge >= 0.3 is 5.97 Å². The van der Waals surface area contributed by atoms with Crippen LogP contribution in [0.4, 0.5) is 5.69 Å². The largest absolute Gasteiger partial charge is 0.493 e. The molecule has 7 heteroatoms. The van der Waals surface area contributed by atoms with Crippen molar-refractivity contribution in [2.24, 2.45) is 0 Å². The zero-order chi connectivity index (χ0) is 21.1. The Morgan fingerprint density at radius 3 is 2.24 bits per heavy atom. The molecule has 150 valence electrons. The summed E-state index contributed by atoms with van der Waals surface area (Å²) in [4.78, 5) is 27.2. The fourth-order valence-electron chi connectivity index (χ4n) is 3.18. The summed E-state index contributed by atoms with van der Waals surface area (Å²) in [6, 6.07) is 12.1. The molecule has 0 spiro atoms. The fourth-order valence-corrected chi connectivity index (χ4v) is 3.31. The molecule has 3 rings (SSSR count). The van der Waals surface area contributed by atoms with Crippen molar-refractivity contribution < 1.29 is 23.8 Å². The standard InChI is InChI=1S/C22H20ClNO5/c1-13-20(22(26)29-4)17(11-14-5-7-15(23)8-6-14)21(25)24(13)16-9-10-18(27-2)19(12-16)28-3/h5-12H,1-4H3. The number of hydrogen-bond donors (Lipinski definition) is 0. The van der Waals surface area contributed by atoms with Crippen LogP contribution < -0.4 is 14.4 Å². The quantitative estimate of drug-likeness (QED) is 0.542. The summed E-state index contributed by atoms with van der Waals surface area (Å²) >= 11 is 5.94. The van der Waals surface area contributed by atoms with Gasteiger partial charge in [0.25, 0.3) is 5.91 Å². The van der Waals surface area contributed by atoms with E-state index in [0.717, 1.165) is 5.56 Å². The zero-order valence-electron chi connectivity index (χ0n) is 16.5. The molecule has 0 saturated carbocycles. The number of benzene rings is 2. The Morgan fingerprint density at radius 2 is 1.66 bits per heavy atom. The Hall–Kier alpha value is -3.25. The highest BCUT2D eigenvalue weighted by molar-refractivity contribution is 6.30. The highest BCUT2D eigenvalue weighted by atomic mass is 35.5. The highest BCUT2D eigenvalue weighted by Crippen LogP contribution is 2.39. The van der Waals surface area contributed by atoms with E-state index in [1.807, 2.05) is 0 Å². The van der Waals surface area contributed by atoms with Crippen LogP contribution in [-0.4, -0.2) is 33.2 Å². The molecular formula is C22H20ClNO5. The number of anilines is 1. The Balaban J connectivity index is 2.13. The van der Waals surface area contributed by atoms with Gasteiger partial charge in [-0.25, -0.2) is 4.79 Å². The lowest BCUT2D eigenvalue weighted by atomic mass is 10.0. The van der Waals surface area contributed by atoms with Gasteiger partial charge in [-0.15, -0.1) is 0 Å². The summed E-state index contributed by atoms with van der Waals surface area (Å²) in [6.07, 6.45) is 1.65. The molecule has 0 N–H and O–H groups in total. The molecule has 0 aromatic heterocycles. The van der Waals surface area contributed by atoms with Crippen LogP contribution in [0.2, 0.25) is 5.02 Å². The van der Waals surface area contributed by atoms with Gasteiger partial charge in [0.2, 0.25) is 0 Å². The number of amides is 1. The second kappa shape index (κ2) is 8.41. The SMILES string of the molecule is COC(=O)C1=C(C)N(c2ccc(OC)c(OC)c2)C(=O)C1=Cc1ccc(Cl)cc1. The van der Waals surface area contributed by atoms with Crippen molar-refractivity contribution in [1.82, 2.24) is 0 Å². The number of halogens is 1. The third kappa shape index (κ3) is 3.84. The molecule has 6 nitrogen and oxygen atoms in total. The van der Waals surface area contributed by atoms with E-state index in [2.05, 4.69) is 0 Å². The molecule has 2 aromatic rings. The minimum Gasteiger partial charge on any atom is -0.493 e. The number of ether oxygens (including phenoxy) is 3. The van der Waals surface area contributed by atoms with Gasteiger partial charge in [0.15, 0.2) is 11.5 Å². The third-order valence-electron chi connectivity index (χ3n) is 4.60. The average Bonchev–Trinajstić information content (AvgIpc) is 2.98. The first-order valence-electron chi connectivity index (χ1n) is 8.74. The molecule has 1 amide bonds. The summed E-state index contributed by atoms with van der Waals surface area (Å²) in [5, 5.41) is 0.580. The minimum absolute atomic E-state index is 0.210. The summed E-state index contributed by atoms with van der Waals surface area (Å²) in [6.45, 7) is 1.70. The molecule has 0 bridgehead atoms. The highest BCUT2D eigenvalue weighted by Gasteiger charge is 2.38. The van der Waals surface area contributed by atoms with E-state index < -0.39 is 5.97 Å². The van der Waals surface area contributed by atoms with Gasteiger partial charge in [0.05, 0.1) is 38.2 Å². The van der Waals surface area contributed by atoms with Crippen LogP contribution in [0.25, 0.3) is 6.08 Å². The molecule has 29 heavy (non-hydrogen) atoms. The predicted octanol–water partition coefficient (Wildman–Crippen LogP) is 4.23. The molecule has 0 radical (unpaired) electrons. The molecule has 0 fully saturated rings. The minimum atomic E-state index is -0.584. The number of rotatable bonds is 5. The lowest BCUT2D eigenvalue weighted by Crippen LogP contribution is -2.24. The third-order valence-corrected chi connectivity index (χ3v) is 4.85. The van der Waals surface area contributed by atoms with E-state index in [0.29, 0.717) is 27.9 Å². The molecule has 0 aliphatic carbocycles. The van der Waals surface area contributed by atoms with Crippen LogP contribution >= 0.6 is 11.6 Å². The van der Waals surface area contributed by atoms with Crippen LogP contribution in [0.5, 0.6) is 11.5 Å². The second-order valence-electron chi connectivity index (χ2n) is 6.24. The number of esters is 1. The Kier molecular flexibility index (Phi) is 5.94. The molecular weight excluding hydrogens is 394 g/mol. The van der Waals surface area contributed by atoms with E-state index in [1.165, 1.54) is 26.2 Å². The summed E-state index contributed by atoms with van der Waals surface area (Å²) in [5.41, 5.74) is 2.20. The number of hydrogen-bond acceptors (Lipinski definition) is 5. The molecule has 1 aliphatic heterocycles. The Bertz CT molecular complexity index is 1020. The van der Waals surface area contributed by atoms with Crippen LogP contribution in [0, 0.1) is 0 Å². The van der Waals surface area contributed by atoms with Crippen molar-refractivity contribution in [3.05, 3.63) is 69.9 Å². The number of methoxy groups -OCH3 is 3. The lowest BCUT2D eigenvalue weighted by molar-refractivity contribution is -0.136. The fraction of sp³-hybridized carbons (Fsp3) is 0.182. The summed E-state index contributed by atoms with van der Waals surface area (Å²) in [5.74, 6) is 0.0825. The van der Waals surface area contributed by atoms with Crippen molar-refractivity contribution >= 4 is 35.2 Å². The van der Waals surface area contributed by atoms with Gasteiger partial charge in [-0.05, 0) is 42.8 Å². The summed E-state index contributed by atoms with van der Waals surface area (Å²) < 4.78 is 15.5. The van der Waals surface area contributed by atoms with Crippen LogP contribution in [0.15, 0.2) is 59.3 Å². The number of carbonyl (C=O) groups is 2. The van der Waals surface area contributed by atoms with E-state index in [4.69, 9.17) is 25.8 Å². The molecule has 0 saturated heterocycles. The molecule has 1 heterocycles. The van der Waals surface area contributed by atoms with Gasteiger partial charge < -0.3 is 14.2 Å². The van der Waals surface area contributed by atoms with Gasteiger partial charge in [0, 0.05) is 16.8 Å². The van der Waals surface area contributed by atoms with Crippen LogP contribution in [-0.2, 0) is 14.3 Å². The van der Waals surface area contributed by atoms with Gasteiger partial charge in [-0.3, -0.25) is 9.69 Å². The molecule has 1 aliphatic rings. The molecule has 2 aromatic carbocycles. The topological polar surface area (TPSA) is 65.1 Å². The van der Waals surface area contributed by atoms with E-state index in [-0.39, 0.29) is 17.1 Å². The average molecular weight is 414 g/mol. The van der Waals surface area contributed by atoms with Crippen molar-refractivity contribution in [3.8, 4) is 11.5 Å². The van der Waals surface area contributed by atoms with Crippen molar-refractivity contribution in [2.45, 2.75) is 6.92 Å². The lowest BCUT2D eigenvalue weighted by Gasteiger charge is -2.19. The first kappa shape index (κ1) is 20.5. The van der Waals surface area contributed by atoms with Crippen LogP contribution in [0.3, 0.4) is 0 Å². The van der Waals surface area contributed by atoms with E-state index in [1.54, 1.807) is 55.5 Å². The first-order valence-corrected chi connectivity index (χ1v) is 9.12. The number of allylic oxidation sites excluding steroid dienone is 1. The maximum Gasteiger partial charge on any atom is 0.340 e. The van der Waals surface area contributed by atoms with Crippen molar-refractivity contribution in [2.75, 3.05) is 26.2 Å². The van der Waals surface area contributed by atoms with Gasteiger partial charge in [-0.1, -0.05) is 23.7 Å². The zero-order valence-corrected chi connectivity index (χ0v) is 17.2. The van der Waals surface area contributed by atoms with Crippen molar-refractivity contribution in [1.29, 1.82) is 0 Å². The smallest absolute Gasteiger partial charge is 0.340 e. The van der Waals surface area contributed by atoms with Gasteiger partial charge in [0.1, 0.15) is 0 Å². The second-order valence-corrected chi connectivity index (χ2v) is 6.68. The van der Waals surface area contributed by atoms with Crippen LogP contribution in [0.1, 0.15) is 12.5 Å². The maximum atomic E-state index is 13.3. The number of carbonyl (C=O) groups excluding carboxylic acids is 2. The van der Waals surface area contributed by atoms with Crippen molar-refractivity contribution in [3.63, 3.8) is 0 Å². The number of nitrogens with zero attached hydrogens (tertiary/aromatic N) is 1. The predicted molar refractivity (Wildman–Crippen MR) is 111 cm³/mol. The first-order chi connectivity index (χ1) is 13.9. The summed E-state index contributed by atoms with van der Waals surface area (Å²) in [7, 11) is 4.33. The monoisotopic (exact) mass is 413 g/mol. The Morgan fingerprint density at radius 1 is 1.00 bits per heavy atom. The normalized spacial score (nSPS) is 15.1. The van der Waals surface area contributed by atoms with Gasteiger partial charge in [-0.2, -0.15) is 0 Å². The Labute approximate surface area is 173 Å². The molecule has 0 unspecified atom stereocenters. The van der Waals surface area contributed by atoms with E-state index >= 15 is 0 Å². The molecule has 0 atom stereocenters. The van der Waals surface area contributed by atoms with E-state index in [9.17, 15) is 9.59 Å². The maximum absolute atomic E-state index is 13.3.